The van der Waals surface area contributed by atoms with E-state index in [0.717, 1.165) is 16.8 Å². The molecule has 6 nitrogen and oxygen atoms in total. The monoisotopic (exact) mass is 414 g/mol. The highest BCUT2D eigenvalue weighted by atomic mass is 32.2. The Balaban J connectivity index is 1.67. The minimum absolute atomic E-state index is 0.155. The molecule has 2 N–H and O–H groups in total. The van der Waals surface area contributed by atoms with Crippen molar-refractivity contribution in [2.45, 2.75) is 6.92 Å². The maximum atomic E-state index is 12.2. The van der Waals surface area contributed by atoms with Crippen molar-refractivity contribution in [1.82, 2.24) is 5.32 Å². The standard InChI is InChI=1S/C20H18N2O4S2/c1-12-5-3-4-6-14(12)21-18(23)11-26-15-8-7-13(9-16(15)25-2)10-17-19(24)22-20(27)28-17/h3-10H,11H2,1-2H3,(H,21,23)(H,22,24,27)/b17-10+. The molecule has 2 aromatic carbocycles. The van der Waals surface area contributed by atoms with E-state index in [2.05, 4.69) is 10.6 Å². The van der Waals surface area contributed by atoms with Crippen LogP contribution in [0.5, 0.6) is 11.5 Å². The molecule has 1 heterocycles. The maximum Gasteiger partial charge on any atom is 0.263 e. The number of para-hydroxylation sites is 1. The first-order valence-electron chi connectivity index (χ1n) is 8.37. The SMILES string of the molecule is COc1cc(/C=C2/SC(=S)NC2=O)ccc1OCC(=O)Nc1ccccc1C. The highest BCUT2D eigenvalue weighted by molar-refractivity contribution is 8.26. The summed E-state index contributed by atoms with van der Waals surface area (Å²) >= 11 is 6.19. The number of rotatable bonds is 6. The van der Waals surface area contributed by atoms with Gasteiger partial charge >= 0.3 is 0 Å². The summed E-state index contributed by atoms with van der Waals surface area (Å²) in [5.74, 6) is 0.407. The predicted octanol–water partition coefficient (Wildman–Crippen LogP) is 3.51. The lowest BCUT2D eigenvalue weighted by Gasteiger charge is -2.12. The number of ether oxygens (including phenoxy) is 2. The number of nitrogens with one attached hydrogen (secondary N) is 2. The largest absolute Gasteiger partial charge is 0.493 e. The Morgan fingerprint density at radius 3 is 2.71 bits per heavy atom. The van der Waals surface area contributed by atoms with Crippen LogP contribution in [-0.2, 0) is 9.59 Å². The van der Waals surface area contributed by atoms with E-state index in [9.17, 15) is 9.59 Å². The first-order valence-corrected chi connectivity index (χ1v) is 9.60. The smallest absolute Gasteiger partial charge is 0.263 e. The Morgan fingerprint density at radius 1 is 1.25 bits per heavy atom. The van der Waals surface area contributed by atoms with Crippen LogP contribution in [0, 0.1) is 6.92 Å². The van der Waals surface area contributed by atoms with Gasteiger partial charge in [-0.05, 0) is 42.3 Å². The van der Waals surface area contributed by atoms with Gasteiger partial charge in [0, 0.05) is 5.69 Å². The van der Waals surface area contributed by atoms with E-state index in [1.54, 1.807) is 24.3 Å². The average molecular weight is 415 g/mol. The normalized spacial score (nSPS) is 14.7. The van der Waals surface area contributed by atoms with Gasteiger partial charge < -0.3 is 20.1 Å². The first kappa shape index (κ1) is 19.9. The zero-order chi connectivity index (χ0) is 20.1. The zero-order valence-corrected chi connectivity index (χ0v) is 16.9. The van der Waals surface area contributed by atoms with Crippen molar-refractivity contribution in [3.63, 3.8) is 0 Å². The molecule has 0 radical (unpaired) electrons. The summed E-state index contributed by atoms with van der Waals surface area (Å²) in [4.78, 5) is 24.4. The van der Waals surface area contributed by atoms with Gasteiger partial charge in [-0.1, -0.05) is 48.2 Å². The van der Waals surface area contributed by atoms with Crippen LogP contribution in [0.15, 0.2) is 47.4 Å². The Labute approximate surface area is 172 Å². The lowest BCUT2D eigenvalue weighted by atomic mass is 10.2. The molecule has 28 heavy (non-hydrogen) atoms. The molecular formula is C20H18N2O4S2. The van der Waals surface area contributed by atoms with Crippen LogP contribution in [0.2, 0.25) is 0 Å². The number of amides is 2. The van der Waals surface area contributed by atoms with E-state index in [0.29, 0.717) is 20.7 Å². The second-order valence-electron chi connectivity index (χ2n) is 5.91. The lowest BCUT2D eigenvalue weighted by Crippen LogP contribution is -2.20. The van der Waals surface area contributed by atoms with Crippen LogP contribution in [0.3, 0.4) is 0 Å². The minimum atomic E-state index is -0.268. The van der Waals surface area contributed by atoms with E-state index in [4.69, 9.17) is 21.7 Å². The second kappa shape index (κ2) is 8.90. The van der Waals surface area contributed by atoms with Crippen molar-refractivity contribution < 1.29 is 19.1 Å². The lowest BCUT2D eigenvalue weighted by molar-refractivity contribution is -0.118. The van der Waals surface area contributed by atoms with E-state index >= 15 is 0 Å². The molecule has 0 spiro atoms. The van der Waals surface area contributed by atoms with Crippen molar-refractivity contribution in [2.75, 3.05) is 19.0 Å². The molecule has 1 aliphatic heterocycles. The van der Waals surface area contributed by atoms with Crippen molar-refractivity contribution in [3.05, 3.63) is 58.5 Å². The van der Waals surface area contributed by atoms with Crippen LogP contribution >= 0.6 is 24.0 Å². The Hall–Kier alpha value is -2.84. The van der Waals surface area contributed by atoms with Gasteiger partial charge in [-0.2, -0.15) is 0 Å². The summed E-state index contributed by atoms with van der Waals surface area (Å²) in [6, 6.07) is 12.7. The van der Waals surface area contributed by atoms with Crippen LogP contribution in [0.4, 0.5) is 5.69 Å². The molecule has 0 unspecified atom stereocenters. The number of anilines is 1. The zero-order valence-electron chi connectivity index (χ0n) is 15.3. The number of hydrogen-bond donors (Lipinski definition) is 2. The second-order valence-corrected chi connectivity index (χ2v) is 7.63. The summed E-state index contributed by atoms with van der Waals surface area (Å²) in [6.07, 6.45) is 1.72. The molecule has 144 valence electrons. The number of carbonyl (C=O) groups is 2. The van der Waals surface area contributed by atoms with Crippen molar-refractivity contribution in [1.29, 1.82) is 0 Å². The summed E-state index contributed by atoms with van der Waals surface area (Å²) in [7, 11) is 1.51. The average Bonchev–Trinajstić information content (AvgIpc) is 2.99. The van der Waals surface area contributed by atoms with E-state index in [1.165, 1.54) is 18.9 Å². The van der Waals surface area contributed by atoms with Crippen molar-refractivity contribution in [3.8, 4) is 11.5 Å². The minimum Gasteiger partial charge on any atom is -0.493 e. The molecular weight excluding hydrogens is 396 g/mol. The van der Waals surface area contributed by atoms with Crippen LogP contribution < -0.4 is 20.1 Å². The fraction of sp³-hybridized carbons (Fsp3) is 0.150. The van der Waals surface area contributed by atoms with Gasteiger partial charge in [-0.25, -0.2) is 0 Å². The summed E-state index contributed by atoms with van der Waals surface area (Å²) < 4.78 is 11.4. The molecule has 0 aliphatic carbocycles. The summed E-state index contributed by atoms with van der Waals surface area (Å²) in [6.45, 7) is 1.76. The fourth-order valence-corrected chi connectivity index (χ4v) is 3.55. The Bertz CT molecular complexity index is 972. The topological polar surface area (TPSA) is 76.7 Å². The van der Waals surface area contributed by atoms with Gasteiger partial charge in [0.15, 0.2) is 18.1 Å². The van der Waals surface area contributed by atoms with Crippen LogP contribution in [0.1, 0.15) is 11.1 Å². The van der Waals surface area contributed by atoms with Gasteiger partial charge in [-0.15, -0.1) is 0 Å². The molecule has 8 heteroatoms. The van der Waals surface area contributed by atoms with Gasteiger partial charge in [0.1, 0.15) is 4.32 Å². The molecule has 1 aliphatic rings. The molecule has 0 atom stereocenters. The number of methoxy groups -OCH3 is 1. The van der Waals surface area contributed by atoms with E-state index in [1.807, 2.05) is 31.2 Å². The van der Waals surface area contributed by atoms with Gasteiger partial charge in [-0.3, -0.25) is 9.59 Å². The number of hydrogen-bond acceptors (Lipinski definition) is 6. The van der Waals surface area contributed by atoms with Gasteiger partial charge in [0.25, 0.3) is 11.8 Å². The molecule has 2 amide bonds. The number of carbonyl (C=O) groups excluding carboxylic acids is 2. The van der Waals surface area contributed by atoms with E-state index in [-0.39, 0.29) is 18.4 Å². The highest BCUT2D eigenvalue weighted by Crippen LogP contribution is 2.31. The molecule has 3 rings (SSSR count). The molecule has 1 saturated heterocycles. The Kier molecular flexibility index (Phi) is 6.33. The molecule has 2 aromatic rings. The van der Waals surface area contributed by atoms with E-state index < -0.39 is 0 Å². The molecule has 0 saturated carbocycles. The number of thiocarbonyl (C=S) groups is 1. The number of thioether (sulfide) groups is 1. The molecule has 0 bridgehead atoms. The van der Waals surface area contributed by atoms with Crippen LogP contribution in [-0.4, -0.2) is 29.9 Å². The predicted molar refractivity (Wildman–Crippen MR) is 115 cm³/mol. The quantitative estimate of drug-likeness (QED) is 0.557. The number of benzene rings is 2. The molecule has 0 aromatic heterocycles. The number of aryl methyl sites for hydroxylation is 1. The third-order valence-corrected chi connectivity index (χ3v) is 5.07. The van der Waals surface area contributed by atoms with Crippen molar-refractivity contribution >= 4 is 51.9 Å². The van der Waals surface area contributed by atoms with Gasteiger partial charge in [0.2, 0.25) is 0 Å². The summed E-state index contributed by atoms with van der Waals surface area (Å²) in [5, 5.41) is 5.38. The molecule has 1 fully saturated rings. The fourth-order valence-electron chi connectivity index (χ4n) is 2.51. The maximum absolute atomic E-state index is 12.2. The summed E-state index contributed by atoms with van der Waals surface area (Å²) in [5.41, 5.74) is 2.48. The highest BCUT2D eigenvalue weighted by Gasteiger charge is 2.22. The van der Waals surface area contributed by atoms with Crippen LogP contribution in [0.25, 0.3) is 6.08 Å². The third-order valence-electron chi connectivity index (χ3n) is 3.91. The Morgan fingerprint density at radius 2 is 2.04 bits per heavy atom. The van der Waals surface area contributed by atoms with Gasteiger partial charge in [0.05, 0.1) is 12.0 Å². The van der Waals surface area contributed by atoms with Crippen molar-refractivity contribution in [2.24, 2.45) is 0 Å². The third kappa shape index (κ3) is 4.90. The first-order chi connectivity index (χ1) is 13.5.